The van der Waals surface area contributed by atoms with E-state index in [0.29, 0.717) is 0 Å². The molecule has 2 rings (SSSR count). The lowest BCUT2D eigenvalue weighted by Crippen LogP contribution is -2.18. The fourth-order valence-electron chi connectivity index (χ4n) is 2.70. The smallest absolute Gasteiger partial charge is 0.0878 e. The standard InChI is InChI=1S/C14H24O2S/c1-14(8-10-17(15)12-14)7-9-16-11-13-5-3-2-4-6-13/h11H,2-10,12H2,1H3. The zero-order chi connectivity index (χ0) is 12.1. The Labute approximate surface area is 107 Å². The topological polar surface area (TPSA) is 26.3 Å². The molecule has 1 aliphatic heterocycles. The lowest BCUT2D eigenvalue weighted by molar-refractivity contribution is 0.187. The van der Waals surface area contributed by atoms with E-state index >= 15 is 0 Å². The van der Waals surface area contributed by atoms with Crippen molar-refractivity contribution in [1.29, 1.82) is 0 Å². The quantitative estimate of drug-likeness (QED) is 0.569. The maximum absolute atomic E-state index is 11.4. The first-order valence-corrected chi connectivity index (χ1v) is 8.31. The van der Waals surface area contributed by atoms with Crippen LogP contribution in [-0.4, -0.2) is 22.3 Å². The monoisotopic (exact) mass is 256 g/mol. The third kappa shape index (κ3) is 4.13. The number of rotatable bonds is 4. The molecule has 0 bridgehead atoms. The summed E-state index contributed by atoms with van der Waals surface area (Å²) in [4.78, 5) is 0. The molecule has 0 aromatic carbocycles. The van der Waals surface area contributed by atoms with Gasteiger partial charge in [0.05, 0.1) is 12.9 Å². The molecule has 2 atom stereocenters. The molecule has 0 N–H and O–H groups in total. The molecule has 2 nitrogen and oxygen atoms in total. The summed E-state index contributed by atoms with van der Waals surface area (Å²) in [6.07, 6.45) is 10.6. The van der Waals surface area contributed by atoms with Gasteiger partial charge < -0.3 is 4.74 Å². The molecule has 1 saturated carbocycles. The largest absolute Gasteiger partial charge is 0.501 e. The van der Waals surface area contributed by atoms with Gasteiger partial charge in [-0.2, -0.15) is 0 Å². The van der Waals surface area contributed by atoms with Gasteiger partial charge in [-0.25, -0.2) is 0 Å². The summed E-state index contributed by atoms with van der Waals surface area (Å²) >= 11 is 0. The predicted molar refractivity (Wildman–Crippen MR) is 72.3 cm³/mol. The minimum atomic E-state index is -0.573. The number of hydrogen-bond acceptors (Lipinski definition) is 2. The van der Waals surface area contributed by atoms with Crippen molar-refractivity contribution in [1.82, 2.24) is 0 Å². The number of ether oxygens (including phenoxy) is 1. The highest BCUT2D eigenvalue weighted by Gasteiger charge is 2.32. The van der Waals surface area contributed by atoms with Crippen LogP contribution in [0.15, 0.2) is 11.8 Å². The van der Waals surface area contributed by atoms with Crippen molar-refractivity contribution in [3.63, 3.8) is 0 Å². The first-order chi connectivity index (χ1) is 8.18. The minimum absolute atomic E-state index is 0.260. The van der Waals surface area contributed by atoms with Gasteiger partial charge in [0.25, 0.3) is 0 Å². The molecule has 0 spiro atoms. The Bertz CT molecular complexity index is 303. The molecule has 0 aromatic heterocycles. The normalized spacial score (nSPS) is 33.7. The highest BCUT2D eigenvalue weighted by atomic mass is 32.2. The van der Waals surface area contributed by atoms with Crippen LogP contribution in [0.2, 0.25) is 0 Å². The zero-order valence-corrected chi connectivity index (χ0v) is 11.7. The number of hydrogen-bond donors (Lipinski definition) is 0. The van der Waals surface area contributed by atoms with Crippen LogP contribution in [0.3, 0.4) is 0 Å². The molecular weight excluding hydrogens is 232 g/mol. The fraction of sp³-hybridized carbons (Fsp3) is 0.857. The summed E-state index contributed by atoms with van der Waals surface area (Å²) in [5.41, 5.74) is 1.74. The predicted octanol–water partition coefficient (Wildman–Crippen LogP) is 3.40. The van der Waals surface area contributed by atoms with E-state index in [1.54, 1.807) is 0 Å². The molecule has 1 saturated heterocycles. The van der Waals surface area contributed by atoms with Gasteiger partial charge >= 0.3 is 0 Å². The van der Waals surface area contributed by atoms with E-state index in [2.05, 4.69) is 6.92 Å². The third-order valence-corrected chi connectivity index (χ3v) is 5.69. The summed E-state index contributed by atoms with van der Waals surface area (Å²) in [7, 11) is -0.573. The molecule has 1 aliphatic carbocycles. The molecular formula is C14H24O2S. The van der Waals surface area contributed by atoms with E-state index in [1.165, 1.54) is 37.7 Å². The van der Waals surface area contributed by atoms with Gasteiger partial charge in [0.1, 0.15) is 0 Å². The maximum atomic E-state index is 11.4. The van der Waals surface area contributed by atoms with E-state index in [9.17, 15) is 4.21 Å². The molecule has 2 aliphatic rings. The first kappa shape index (κ1) is 13.1. The van der Waals surface area contributed by atoms with Crippen molar-refractivity contribution in [2.24, 2.45) is 5.41 Å². The van der Waals surface area contributed by atoms with Crippen molar-refractivity contribution in [2.75, 3.05) is 18.1 Å². The van der Waals surface area contributed by atoms with Crippen LogP contribution in [0.5, 0.6) is 0 Å². The van der Waals surface area contributed by atoms with E-state index < -0.39 is 10.8 Å². The van der Waals surface area contributed by atoms with Gasteiger partial charge in [0.2, 0.25) is 0 Å². The van der Waals surface area contributed by atoms with Crippen LogP contribution in [0.25, 0.3) is 0 Å². The Morgan fingerprint density at radius 1 is 1.35 bits per heavy atom. The Morgan fingerprint density at radius 3 is 2.76 bits per heavy atom. The molecule has 17 heavy (non-hydrogen) atoms. The lowest BCUT2D eigenvalue weighted by atomic mass is 9.87. The Kier molecular flexibility index (Phi) is 4.66. The van der Waals surface area contributed by atoms with E-state index in [4.69, 9.17) is 4.74 Å². The average molecular weight is 256 g/mol. The van der Waals surface area contributed by atoms with Crippen LogP contribution in [0.1, 0.15) is 51.9 Å². The molecule has 3 heteroatoms. The second kappa shape index (κ2) is 6.03. The number of allylic oxidation sites excluding steroid dienone is 1. The van der Waals surface area contributed by atoms with Gasteiger partial charge in [0, 0.05) is 22.3 Å². The van der Waals surface area contributed by atoms with Crippen molar-refractivity contribution in [3.8, 4) is 0 Å². The van der Waals surface area contributed by atoms with E-state index in [-0.39, 0.29) is 5.41 Å². The summed E-state index contributed by atoms with van der Waals surface area (Å²) in [5.74, 6) is 1.75. The second-order valence-electron chi connectivity index (χ2n) is 5.81. The Morgan fingerprint density at radius 2 is 2.12 bits per heavy atom. The highest BCUT2D eigenvalue weighted by Crippen LogP contribution is 2.33. The van der Waals surface area contributed by atoms with Crippen molar-refractivity contribution in [3.05, 3.63) is 11.8 Å². The van der Waals surface area contributed by atoms with Crippen molar-refractivity contribution in [2.45, 2.75) is 51.9 Å². The summed E-state index contributed by atoms with van der Waals surface area (Å²) in [5, 5.41) is 0. The van der Waals surface area contributed by atoms with Crippen LogP contribution in [0, 0.1) is 5.41 Å². The second-order valence-corrected chi connectivity index (χ2v) is 7.38. The van der Waals surface area contributed by atoms with Crippen LogP contribution < -0.4 is 0 Å². The summed E-state index contributed by atoms with van der Waals surface area (Å²) < 4.78 is 17.1. The maximum Gasteiger partial charge on any atom is 0.0878 e. The molecule has 2 unspecified atom stereocenters. The Hall–Kier alpha value is -0.310. The molecule has 0 radical (unpaired) electrons. The Balaban J connectivity index is 1.67. The molecule has 2 fully saturated rings. The van der Waals surface area contributed by atoms with Gasteiger partial charge in [-0.3, -0.25) is 4.21 Å². The van der Waals surface area contributed by atoms with Crippen molar-refractivity contribution >= 4 is 10.8 Å². The summed E-state index contributed by atoms with van der Waals surface area (Å²) in [6, 6.07) is 0. The molecule has 0 amide bonds. The highest BCUT2D eigenvalue weighted by molar-refractivity contribution is 7.85. The van der Waals surface area contributed by atoms with Crippen LogP contribution in [-0.2, 0) is 15.5 Å². The van der Waals surface area contributed by atoms with Gasteiger partial charge in [-0.05, 0) is 49.5 Å². The SMILES string of the molecule is CC1(CCOC=C2CCCCC2)CCS(=O)C1. The zero-order valence-electron chi connectivity index (χ0n) is 10.9. The molecule has 1 heterocycles. The van der Waals surface area contributed by atoms with Crippen LogP contribution >= 0.6 is 0 Å². The third-order valence-electron chi connectivity index (χ3n) is 4.01. The first-order valence-electron chi connectivity index (χ1n) is 6.82. The van der Waals surface area contributed by atoms with Gasteiger partial charge in [0.15, 0.2) is 0 Å². The van der Waals surface area contributed by atoms with Gasteiger partial charge in [-0.1, -0.05) is 13.3 Å². The summed E-state index contributed by atoms with van der Waals surface area (Å²) in [6.45, 7) is 3.03. The van der Waals surface area contributed by atoms with E-state index in [1.807, 2.05) is 6.26 Å². The average Bonchev–Trinajstić information content (AvgIpc) is 2.67. The molecule has 0 aromatic rings. The fourth-order valence-corrected chi connectivity index (χ4v) is 4.63. The minimum Gasteiger partial charge on any atom is -0.501 e. The molecule has 98 valence electrons. The van der Waals surface area contributed by atoms with E-state index in [0.717, 1.165) is 31.0 Å². The van der Waals surface area contributed by atoms with Crippen molar-refractivity contribution < 1.29 is 8.95 Å². The van der Waals surface area contributed by atoms with Gasteiger partial charge in [-0.15, -0.1) is 0 Å². The lowest BCUT2D eigenvalue weighted by Gasteiger charge is -2.21. The van der Waals surface area contributed by atoms with Crippen LogP contribution in [0.4, 0.5) is 0 Å².